The van der Waals surface area contributed by atoms with Gasteiger partial charge in [-0.3, -0.25) is 4.79 Å². The fourth-order valence-electron chi connectivity index (χ4n) is 3.25. The van der Waals surface area contributed by atoms with Gasteiger partial charge in [-0.15, -0.1) is 10.2 Å². The average molecular weight is 311 g/mol. The standard InChI is InChI=1S/C17H17N3O3/c1-10-12-5-3-4-6-13(12)23-15(10)16-19-18-14-9-11(17(21)22-2)7-8-20(14)16/h3-6,11H,7-9H2,1-2H3. The largest absolute Gasteiger partial charge is 0.469 e. The molecule has 118 valence electrons. The highest BCUT2D eigenvalue weighted by Gasteiger charge is 2.30. The number of nitrogens with zero attached hydrogens (tertiary/aromatic N) is 3. The molecule has 1 unspecified atom stereocenters. The molecule has 1 atom stereocenters. The van der Waals surface area contributed by atoms with Crippen molar-refractivity contribution in [1.82, 2.24) is 14.8 Å². The van der Waals surface area contributed by atoms with Crippen LogP contribution in [-0.2, 0) is 22.5 Å². The first kappa shape index (κ1) is 14.0. The molecule has 4 rings (SSSR count). The number of hydrogen-bond donors (Lipinski definition) is 0. The van der Waals surface area contributed by atoms with Gasteiger partial charge in [-0.2, -0.15) is 0 Å². The van der Waals surface area contributed by atoms with Crippen molar-refractivity contribution in [3.05, 3.63) is 35.7 Å². The maximum absolute atomic E-state index is 11.7. The Morgan fingerprint density at radius 1 is 1.35 bits per heavy atom. The van der Waals surface area contributed by atoms with Crippen LogP contribution in [0.15, 0.2) is 28.7 Å². The van der Waals surface area contributed by atoms with Gasteiger partial charge in [0.2, 0.25) is 0 Å². The van der Waals surface area contributed by atoms with Crippen LogP contribution in [0.2, 0.25) is 0 Å². The van der Waals surface area contributed by atoms with E-state index in [0.29, 0.717) is 13.0 Å². The van der Waals surface area contributed by atoms with Crippen LogP contribution in [-0.4, -0.2) is 27.8 Å². The number of esters is 1. The number of ether oxygens (including phenoxy) is 1. The van der Waals surface area contributed by atoms with Gasteiger partial charge in [0.1, 0.15) is 11.4 Å². The summed E-state index contributed by atoms with van der Waals surface area (Å²) in [6.45, 7) is 2.72. The summed E-state index contributed by atoms with van der Waals surface area (Å²) < 4.78 is 12.9. The third-order valence-electron chi connectivity index (χ3n) is 4.54. The summed E-state index contributed by atoms with van der Waals surface area (Å²) in [4.78, 5) is 11.7. The van der Waals surface area contributed by atoms with E-state index >= 15 is 0 Å². The zero-order valence-corrected chi connectivity index (χ0v) is 13.1. The lowest BCUT2D eigenvalue weighted by atomic mass is 9.98. The van der Waals surface area contributed by atoms with Crippen LogP contribution in [0.3, 0.4) is 0 Å². The van der Waals surface area contributed by atoms with Crippen molar-refractivity contribution >= 4 is 16.9 Å². The van der Waals surface area contributed by atoms with Crippen LogP contribution < -0.4 is 0 Å². The van der Waals surface area contributed by atoms with E-state index in [1.54, 1.807) is 0 Å². The van der Waals surface area contributed by atoms with E-state index in [0.717, 1.165) is 40.4 Å². The Balaban J connectivity index is 1.76. The minimum atomic E-state index is -0.180. The highest BCUT2D eigenvalue weighted by molar-refractivity contribution is 5.86. The Labute approximate surface area is 133 Å². The Bertz CT molecular complexity index is 894. The molecule has 1 aromatic carbocycles. The topological polar surface area (TPSA) is 70.2 Å². The van der Waals surface area contributed by atoms with Crippen LogP contribution >= 0.6 is 0 Å². The van der Waals surface area contributed by atoms with Gasteiger partial charge in [0.25, 0.3) is 0 Å². The lowest BCUT2D eigenvalue weighted by Crippen LogP contribution is -2.27. The summed E-state index contributed by atoms with van der Waals surface area (Å²) in [6.07, 6.45) is 1.28. The van der Waals surface area contributed by atoms with Gasteiger partial charge in [-0.1, -0.05) is 18.2 Å². The van der Waals surface area contributed by atoms with Gasteiger partial charge < -0.3 is 13.7 Å². The number of para-hydroxylation sites is 1. The van der Waals surface area contributed by atoms with Gasteiger partial charge in [-0.25, -0.2) is 0 Å². The number of aryl methyl sites for hydroxylation is 1. The minimum absolute atomic E-state index is 0.138. The highest BCUT2D eigenvalue weighted by Crippen LogP contribution is 2.34. The summed E-state index contributed by atoms with van der Waals surface area (Å²) in [6, 6.07) is 7.94. The van der Waals surface area contributed by atoms with Crippen molar-refractivity contribution in [3.8, 4) is 11.6 Å². The van der Waals surface area contributed by atoms with E-state index < -0.39 is 0 Å². The van der Waals surface area contributed by atoms with E-state index in [-0.39, 0.29) is 11.9 Å². The van der Waals surface area contributed by atoms with E-state index in [9.17, 15) is 4.79 Å². The van der Waals surface area contributed by atoms with Crippen molar-refractivity contribution in [2.45, 2.75) is 26.3 Å². The molecule has 6 nitrogen and oxygen atoms in total. The van der Waals surface area contributed by atoms with Crippen LogP contribution in [0.4, 0.5) is 0 Å². The zero-order valence-electron chi connectivity index (χ0n) is 13.1. The Kier molecular flexibility index (Phi) is 3.18. The molecule has 0 aliphatic carbocycles. The average Bonchev–Trinajstić information content (AvgIpc) is 3.15. The number of hydrogen-bond acceptors (Lipinski definition) is 5. The Morgan fingerprint density at radius 3 is 2.96 bits per heavy atom. The summed E-state index contributed by atoms with van der Waals surface area (Å²) in [5, 5.41) is 9.65. The number of fused-ring (bicyclic) bond motifs is 2. The number of furan rings is 1. The maximum atomic E-state index is 11.7. The second kappa shape index (κ2) is 5.22. The van der Waals surface area contributed by atoms with Crippen molar-refractivity contribution in [1.29, 1.82) is 0 Å². The molecular formula is C17H17N3O3. The summed E-state index contributed by atoms with van der Waals surface area (Å²) >= 11 is 0. The molecule has 23 heavy (non-hydrogen) atoms. The van der Waals surface area contributed by atoms with E-state index in [1.165, 1.54) is 7.11 Å². The second-order valence-corrected chi connectivity index (χ2v) is 5.86. The van der Waals surface area contributed by atoms with Crippen LogP contribution in [0.25, 0.3) is 22.6 Å². The van der Waals surface area contributed by atoms with Crippen molar-refractivity contribution in [3.63, 3.8) is 0 Å². The number of rotatable bonds is 2. The van der Waals surface area contributed by atoms with Crippen LogP contribution in [0, 0.1) is 12.8 Å². The summed E-state index contributed by atoms with van der Waals surface area (Å²) in [5.74, 6) is 1.97. The van der Waals surface area contributed by atoms with Crippen molar-refractivity contribution in [2.75, 3.05) is 7.11 Å². The fraction of sp³-hybridized carbons (Fsp3) is 0.353. The highest BCUT2D eigenvalue weighted by atomic mass is 16.5. The van der Waals surface area contributed by atoms with Gasteiger partial charge >= 0.3 is 5.97 Å². The molecule has 0 fully saturated rings. The Hall–Kier alpha value is -2.63. The summed E-state index contributed by atoms with van der Waals surface area (Å²) in [5.41, 5.74) is 1.91. The minimum Gasteiger partial charge on any atom is -0.469 e. The maximum Gasteiger partial charge on any atom is 0.309 e. The number of benzene rings is 1. The zero-order chi connectivity index (χ0) is 16.0. The quantitative estimate of drug-likeness (QED) is 0.681. The molecular weight excluding hydrogens is 294 g/mol. The molecule has 0 bridgehead atoms. The molecule has 6 heteroatoms. The third-order valence-corrected chi connectivity index (χ3v) is 4.54. The molecule has 3 heterocycles. The first-order chi connectivity index (χ1) is 11.2. The van der Waals surface area contributed by atoms with Crippen molar-refractivity contribution < 1.29 is 13.9 Å². The predicted octanol–water partition coefficient (Wildman–Crippen LogP) is 2.74. The lowest BCUT2D eigenvalue weighted by Gasteiger charge is -2.21. The van der Waals surface area contributed by atoms with E-state index in [2.05, 4.69) is 10.2 Å². The second-order valence-electron chi connectivity index (χ2n) is 5.86. The molecule has 0 saturated heterocycles. The molecule has 0 N–H and O–H groups in total. The summed E-state index contributed by atoms with van der Waals surface area (Å²) in [7, 11) is 1.42. The van der Waals surface area contributed by atoms with E-state index in [4.69, 9.17) is 9.15 Å². The fourth-order valence-corrected chi connectivity index (χ4v) is 3.25. The van der Waals surface area contributed by atoms with E-state index in [1.807, 2.05) is 35.8 Å². The molecule has 0 amide bonds. The molecule has 2 aromatic heterocycles. The molecule has 1 aliphatic heterocycles. The predicted molar refractivity (Wildman–Crippen MR) is 83.8 cm³/mol. The number of carbonyl (C=O) groups excluding carboxylic acids is 1. The molecule has 1 aliphatic rings. The SMILES string of the molecule is COC(=O)C1CCn2c(nnc2-c2oc3ccccc3c2C)C1. The molecule has 0 spiro atoms. The monoisotopic (exact) mass is 311 g/mol. The molecule has 0 radical (unpaired) electrons. The molecule has 0 saturated carbocycles. The van der Waals surface area contributed by atoms with Gasteiger partial charge in [0, 0.05) is 23.9 Å². The first-order valence-corrected chi connectivity index (χ1v) is 7.67. The smallest absolute Gasteiger partial charge is 0.309 e. The Morgan fingerprint density at radius 2 is 2.17 bits per heavy atom. The number of aromatic nitrogens is 3. The number of carbonyl (C=O) groups is 1. The molecule has 3 aromatic rings. The van der Waals surface area contributed by atoms with Crippen LogP contribution in [0.1, 0.15) is 17.8 Å². The van der Waals surface area contributed by atoms with Gasteiger partial charge in [0.05, 0.1) is 13.0 Å². The number of methoxy groups -OCH3 is 1. The van der Waals surface area contributed by atoms with Gasteiger partial charge in [-0.05, 0) is 19.4 Å². The first-order valence-electron chi connectivity index (χ1n) is 7.67. The lowest BCUT2D eigenvalue weighted by molar-refractivity contribution is -0.146. The van der Waals surface area contributed by atoms with Gasteiger partial charge in [0.15, 0.2) is 11.6 Å². The normalized spacial score (nSPS) is 17.2. The van der Waals surface area contributed by atoms with Crippen molar-refractivity contribution in [2.24, 2.45) is 5.92 Å². The third kappa shape index (κ3) is 2.13. The van der Waals surface area contributed by atoms with Crippen LogP contribution in [0.5, 0.6) is 0 Å².